The molecule has 0 N–H and O–H groups in total. The summed E-state index contributed by atoms with van der Waals surface area (Å²) in [4.78, 5) is 4.19. The van der Waals surface area contributed by atoms with E-state index in [1.165, 1.54) is 0 Å². The molecule has 2 heterocycles. The van der Waals surface area contributed by atoms with Crippen molar-refractivity contribution in [3.8, 4) is 5.75 Å². The van der Waals surface area contributed by atoms with Crippen molar-refractivity contribution >= 4 is 5.65 Å². The maximum atomic E-state index is 5.23. The third-order valence-corrected chi connectivity index (χ3v) is 2.38. The highest BCUT2D eigenvalue weighted by Gasteiger charge is 2.19. The summed E-state index contributed by atoms with van der Waals surface area (Å²) in [6.07, 6.45) is 1.55. The van der Waals surface area contributed by atoms with Gasteiger partial charge in [0.1, 0.15) is 6.33 Å². The number of methoxy groups -OCH3 is 1. The fourth-order valence-corrected chi connectivity index (χ4v) is 1.61. The van der Waals surface area contributed by atoms with Crippen molar-refractivity contribution in [1.82, 2.24) is 14.6 Å². The molecule has 0 aliphatic heterocycles. The van der Waals surface area contributed by atoms with Crippen LogP contribution < -0.4 is 4.74 Å². The van der Waals surface area contributed by atoms with Gasteiger partial charge in [-0.2, -0.15) is 5.10 Å². The van der Waals surface area contributed by atoms with Gasteiger partial charge in [-0.25, -0.2) is 9.50 Å². The maximum absolute atomic E-state index is 5.23. The molecule has 0 amide bonds. The van der Waals surface area contributed by atoms with E-state index in [1.54, 1.807) is 13.4 Å². The van der Waals surface area contributed by atoms with Gasteiger partial charge in [0.2, 0.25) is 0 Å². The second-order valence-electron chi connectivity index (χ2n) is 4.53. The van der Waals surface area contributed by atoms with Crippen LogP contribution >= 0.6 is 0 Å². The molecular formula is C11H15N3O. The minimum atomic E-state index is 0.0399. The van der Waals surface area contributed by atoms with Crippen molar-refractivity contribution in [1.29, 1.82) is 0 Å². The van der Waals surface area contributed by atoms with Gasteiger partial charge >= 0.3 is 0 Å². The number of pyridine rings is 1. The molecule has 0 aliphatic rings. The first kappa shape index (κ1) is 9.96. The first-order chi connectivity index (χ1) is 7.04. The third-order valence-electron chi connectivity index (χ3n) is 2.38. The van der Waals surface area contributed by atoms with E-state index < -0.39 is 0 Å². The fraction of sp³-hybridized carbons (Fsp3) is 0.455. The quantitative estimate of drug-likeness (QED) is 0.715. The molecule has 2 aromatic heterocycles. The van der Waals surface area contributed by atoms with Crippen LogP contribution in [0.4, 0.5) is 0 Å². The number of nitrogens with zero attached hydrogens (tertiary/aromatic N) is 3. The smallest absolute Gasteiger partial charge is 0.198 e. The predicted octanol–water partition coefficient (Wildman–Crippen LogP) is 2.04. The number of ether oxygens (including phenoxy) is 1. The van der Waals surface area contributed by atoms with E-state index in [1.807, 2.05) is 16.6 Å². The Balaban J connectivity index is 2.74. The third kappa shape index (κ3) is 1.56. The van der Waals surface area contributed by atoms with Gasteiger partial charge in [0.15, 0.2) is 11.4 Å². The SMILES string of the molecule is COc1ccc(C(C)(C)C)n2ncnc12. The van der Waals surface area contributed by atoms with E-state index >= 15 is 0 Å². The van der Waals surface area contributed by atoms with Crippen LogP contribution in [-0.4, -0.2) is 21.7 Å². The number of hydrogen-bond donors (Lipinski definition) is 0. The molecule has 0 atom stereocenters. The Kier molecular flexibility index (Phi) is 2.14. The second kappa shape index (κ2) is 3.22. The molecule has 0 aromatic carbocycles. The molecule has 0 saturated carbocycles. The number of rotatable bonds is 1. The Hall–Kier alpha value is -1.58. The molecule has 0 spiro atoms. The summed E-state index contributed by atoms with van der Waals surface area (Å²) in [6.45, 7) is 6.45. The zero-order chi connectivity index (χ0) is 11.1. The van der Waals surface area contributed by atoms with Crippen LogP contribution in [-0.2, 0) is 5.41 Å². The van der Waals surface area contributed by atoms with Gasteiger partial charge in [0.05, 0.1) is 12.8 Å². The Morgan fingerprint density at radius 1 is 1.27 bits per heavy atom. The van der Waals surface area contributed by atoms with Crippen molar-refractivity contribution in [3.05, 3.63) is 24.2 Å². The zero-order valence-corrected chi connectivity index (χ0v) is 9.48. The molecule has 4 heteroatoms. The highest BCUT2D eigenvalue weighted by atomic mass is 16.5. The van der Waals surface area contributed by atoms with Crippen LogP contribution in [0, 0.1) is 0 Å². The summed E-state index contributed by atoms with van der Waals surface area (Å²) >= 11 is 0. The Morgan fingerprint density at radius 2 is 2.00 bits per heavy atom. The minimum absolute atomic E-state index is 0.0399. The monoisotopic (exact) mass is 205 g/mol. The lowest BCUT2D eigenvalue weighted by molar-refractivity contribution is 0.414. The van der Waals surface area contributed by atoms with E-state index in [-0.39, 0.29) is 5.41 Å². The van der Waals surface area contributed by atoms with Crippen LogP contribution in [0.5, 0.6) is 5.75 Å². The zero-order valence-electron chi connectivity index (χ0n) is 9.48. The van der Waals surface area contributed by atoms with Gasteiger partial charge in [-0.1, -0.05) is 20.8 Å². The lowest BCUT2D eigenvalue weighted by Gasteiger charge is -2.20. The van der Waals surface area contributed by atoms with Gasteiger partial charge in [0.25, 0.3) is 0 Å². The summed E-state index contributed by atoms with van der Waals surface area (Å²) < 4.78 is 7.06. The maximum Gasteiger partial charge on any atom is 0.198 e. The molecule has 4 nitrogen and oxygen atoms in total. The molecule has 0 unspecified atom stereocenters. The van der Waals surface area contributed by atoms with Gasteiger partial charge in [-0.15, -0.1) is 0 Å². The standard InChI is InChI=1S/C11H15N3O/c1-11(2,3)9-6-5-8(15-4)10-12-7-13-14(9)10/h5-7H,1-4H3. The van der Waals surface area contributed by atoms with Crippen LogP contribution in [0.15, 0.2) is 18.5 Å². The summed E-state index contributed by atoms with van der Waals surface area (Å²) in [5.41, 5.74) is 1.93. The van der Waals surface area contributed by atoms with E-state index in [2.05, 4.69) is 30.9 Å². The fourth-order valence-electron chi connectivity index (χ4n) is 1.61. The molecule has 0 saturated heterocycles. The molecule has 0 aliphatic carbocycles. The second-order valence-corrected chi connectivity index (χ2v) is 4.53. The van der Waals surface area contributed by atoms with Gasteiger partial charge in [0, 0.05) is 5.41 Å². The average Bonchev–Trinajstić information content (AvgIpc) is 2.62. The molecule has 0 radical (unpaired) electrons. The van der Waals surface area contributed by atoms with Crippen molar-refractivity contribution in [2.24, 2.45) is 0 Å². The van der Waals surface area contributed by atoms with E-state index in [0.29, 0.717) is 0 Å². The van der Waals surface area contributed by atoms with Gasteiger partial charge < -0.3 is 4.74 Å². The van der Waals surface area contributed by atoms with E-state index in [4.69, 9.17) is 4.74 Å². The number of hydrogen-bond acceptors (Lipinski definition) is 3. The Bertz CT molecular complexity index is 482. The summed E-state index contributed by atoms with van der Waals surface area (Å²) in [7, 11) is 1.64. The molecule has 2 rings (SSSR count). The Morgan fingerprint density at radius 3 is 2.60 bits per heavy atom. The lowest BCUT2D eigenvalue weighted by atomic mass is 9.91. The first-order valence-corrected chi connectivity index (χ1v) is 4.91. The summed E-state index contributed by atoms with van der Waals surface area (Å²) in [6, 6.07) is 3.96. The number of aromatic nitrogens is 3. The van der Waals surface area contributed by atoms with Crippen molar-refractivity contribution < 1.29 is 4.74 Å². The molecule has 2 aromatic rings. The molecule has 0 bridgehead atoms. The highest BCUT2D eigenvalue weighted by Crippen LogP contribution is 2.26. The first-order valence-electron chi connectivity index (χ1n) is 4.91. The largest absolute Gasteiger partial charge is 0.493 e. The summed E-state index contributed by atoms with van der Waals surface area (Å²) in [5, 5.41) is 4.22. The minimum Gasteiger partial charge on any atom is -0.493 e. The van der Waals surface area contributed by atoms with Crippen LogP contribution in [0.25, 0.3) is 5.65 Å². The van der Waals surface area contributed by atoms with Crippen molar-refractivity contribution in [3.63, 3.8) is 0 Å². The van der Waals surface area contributed by atoms with E-state index in [0.717, 1.165) is 17.1 Å². The average molecular weight is 205 g/mol. The molecule has 15 heavy (non-hydrogen) atoms. The normalized spacial score (nSPS) is 12.0. The predicted molar refractivity (Wildman–Crippen MR) is 58.2 cm³/mol. The van der Waals surface area contributed by atoms with Crippen LogP contribution in [0.3, 0.4) is 0 Å². The van der Waals surface area contributed by atoms with Gasteiger partial charge in [-0.05, 0) is 12.1 Å². The Labute approximate surface area is 88.9 Å². The molecule has 0 fully saturated rings. The highest BCUT2D eigenvalue weighted by molar-refractivity contribution is 5.54. The topological polar surface area (TPSA) is 39.4 Å². The van der Waals surface area contributed by atoms with Crippen LogP contribution in [0.2, 0.25) is 0 Å². The van der Waals surface area contributed by atoms with Crippen molar-refractivity contribution in [2.75, 3.05) is 7.11 Å². The number of fused-ring (bicyclic) bond motifs is 1. The van der Waals surface area contributed by atoms with Gasteiger partial charge in [-0.3, -0.25) is 0 Å². The lowest BCUT2D eigenvalue weighted by Crippen LogP contribution is -2.17. The van der Waals surface area contributed by atoms with Crippen LogP contribution in [0.1, 0.15) is 26.5 Å². The summed E-state index contributed by atoms with van der Waals surface area (Å²) in [5.74, 6) is 0.750. The molecular weight excluding hydrogens is 190 g/mol. The molecule has 80 valence electrons. The van der Waals surface area contributed by atoms with E-state index in [9.17, 15) is 0 Å². The van der Waals surface area contributed by atoms with Crippen molar-refractivity contribution in [2.45, 2.75) is 26.2 Å².